The maximum atomic E-state index is 13.0. The largest absolute Gasteiger partial charge is 0.446 e. The number of ether oxygens (including phenoxy) is 1. The molecule has 0 radical (unpaired) electrons. The van der Waals surface area contributed by atoms with E-state index in [-0.39, 0.29) is 36.0 Å². The zero-order chi connectivity index (χ0) is 29.5. The van der Waals surface area contributed by atoms with Crippen LogP contribution in [-0.2, 0) is 14.3 Å². The minimum Gasteiger partial charge on any atom is -0.446 e. The van der Waals surface area contributed by atoms with E-state index in [2.05, 4.69) is 18.5 Å². The molecule has 1 aliphatic heterocycles. The van der Waals surface area contributed by atoms with Gasteiger partial charge in [0.1, 0.15) is 6.10 Å². The quantitative estimate of drug-likeness (QED) is 0.195. The first-order chi connectivity index (χ1) is 18.5. The lowest BCUT2D eigenvalue weighted by Gasteiger charge is -2.32. The highest BCUT2D eigenvalue weighted by atomic mass is 35.5. The summed E-state index contributed by atoms with van der Waals surface area (Å²) in [4.78, 5) is 41.3. The highest BCUT2D eigenvalue weighted by Crippen LogP contribution is 2.27. The number of hydrogen-bond donors (Lipinski definition) is 2. The van der Waals surface area contributed by atoms with Crippen LogP contribution in [0.2, 0.25) is 0 Å². The molecule has 1 atom stereocenters. The van der Waals surface area contributed by atoms with Gasteiger partial charge < -0.3 is 15.2 Å². The molecule has 1 fully saturated rings. The molecule has 0 bridgehead atoms. The summed E-state index contributed by atoms with van der Waals surface area (Å²) < 4.78 is 5.87. The number of aliphatic hydroxyl groups is 1. The molecule has 0 aromatic heterocycles. The molecule has 3 amide bonds. The normalized spacial score (nSPS) is 17.1. The van der Waals surface area contributed by atoms with Gasteiger partial charge >= 0.3 is 6.09 Å². The predicted octanol–water partition coefficient (Wildman–Crippen LogP) is 5.96. The molecule has 0 aromatic rings. The molecule has 8 nitrogen and oxygen atoms in total. The highest BCUT2D eigenvalue weighted by molar-refractivity contribution is 8.08. The van der Waals surface area contributed by atoms with Gasteiger partial charge in [0.2, 0.25) is 0 Å². The molecule has 0 aliphatic carbocycles. The van der Waals surface area contributed by atoms with E-state index in [0.717, 1.165) is 11.8 Å². The van der Waals surface area contributed by atoms with E-state index >= 15 is 0 Å². The molecule has 1 saturated heterocycles. The van der Waals surface area contributed by atoms with Gasteiger partial charge in [-0.2, -0.15) is 0 Å². The molecule has 1 heterocycles. The number of nitrogens with zero attached hydrogens (tertiary/aromatic N) is 2. The van der Waals surface area contributed by atoms with Gasteiger partial charge in [-0.15, -0.1) is 0 Å². The van der Waals surface area contributed by atoms with Crippen molar-refractivity contribution in [1.82, 2.24) is 15.1 Å². The number of carbonyl (C=O) groups excluding carboxylic acids is 3. The Morgan fingerprint density at radius 2 is 1.95 bits per heavy atom. The molecule has 0 spiro atoms. The summed E-state index contributed by atoms with van der Waals surface area (Å²) in [7, 11) is 0. The van der Waals surface area contributed by atoms with Crippen LogP contribution in [0.25, 0.3) is 0 Å². The fourth-order valence-electron chi connectivity index (χ4n) is 3.57. The van der Waals surface area contributed by atoms with Crippen LogP contribution < -0.4 is 5.32 Å². The van der Waals surface area contributed by atoms with Gasteiger partial charge in [-0.1, -0.05) is 74.7 Å². The summed E-state index contributed by atoms with van der Waals surface area (Å²) in [6.45, 7) is 17.2. The minimum atomic E-state index is -0.525. The lowest BCUT2D eigenvalue weighted by Crippen LogP contribution is -2.42. The summed E-state index contributed by atoms with van der Waals surface area (Å²) >= 11 is 6.86. The molecule has 0 aromatic carbocycles. The van der Waals surface area contributed by atoms with Crippen LogP contribution >= 0.6 is 23.4 Å². The number of halogens is 1. The number of aliphatic hydroxyl groups excluding tert-OH is 1. The predicted molar refractivity (Wildman–Crippen MR) is 159 cm³/mol. The molecule has 0 saturated carbocycles. The fourth-order valence-corrected chi connectivity index (χ4v) is 4.34. The smallest absolute Gasteiger partial charge is 0.414 e. The lowest BCUT2D eigenvalue weighted by atomic mass is 10.1. The zero-order valence-corrected chi connectivity index (χ0v) is 25.0. The number of amides is 3. The average molecular weight is 578 g/mol. The zero-order valence-electron chi connectivity index (χ0n) is 23.4. The second-order valence-corrected chi connectivity index (χ2v) is 10.7. The lowest BCUT2D eigenvalue weighted by molar-refractivity contribution is -0.123. The molecular formula is C29H40ClN3O5S. The number of nitrogens with one attached hydrogen (secondary N) is 1. The second-order valence-electron chi connectivity index (χ2n) is 8.89. The first-order valence-corrected chi connectivity index (χ1v) is 13.9. The Bertz CT molecular complexity index is 1070. The van der Waals surface area contributed by atoms with Crippen molar-refractivity contribution < 1.29 is 24.2 Å². The van der Waals surface area contributed by atoms with Crippen molar-refractivity contribution in [2.75, 3.05) is 19.7 Å². The van der Waals surface area contributed by atoms with Gasteiger partial charge in [0.05, 0.1) is 15.9 Å². The standard InChI is InChI=1S/C29H40ClN3O5S/c1-8-16-33(28(36)23(9-2)19-34)24(18-20(4)5)12-11-21(6)32-17-14-25(38-29(32)37)13-15-31-27(35)26(10-3)39-22(7)30/h8-12,16,18,20,25,34H,6-7,13-15,17,19H2,1-5H3,(H,31,35)/b12-11-,16-8-,23-9-,24-18?,26-10-. The number of thioether (sulfide) groups is 1. The van der Waals surface area contributed by atoms with Crippen LogP contribution in [-0.4, -0.2) is 58.6 Å². The summed E-state index contributed by atoms with van der Waals surface area (Å²) in [6.07, 6.45) is 12.1. The molecule has 214 valence electrons. The Morgan fingerprint density at radius 1 is 1.26 bits per heavy atom. The van der Waals surface area contributed by atoms with Gasteiger partial charge in [0.15, 0.2) is 0 Å². The van der Waals surface area contributed by atoms with Crippen LogP contribution in [0.15, 0.2) is 82.1 Å². The summed E-state index contributed by atoms with van der Waals surface area (Å²) in [6, 6.07) is 0. The van der Waals surface area contributed by atoms with Crippen LogP contribution in [0.5, 0.6) is 0 Å². The Morgan fingerprint density at radius 3 is 2.46 bits per heavy atom. The third kappa shape index (κ3) is 11.3. The third-order valence-corrected chi connectivity index (χ3v) is 6.60. The van der Waals surface area contributed by atoms with E-state index in [0.29, 0.717) is 46.6 Å². The number of rotatable bonds is 14. The third-order valence-electron chi connectivity index (χ3n) is 5.51. The minimum absolute atomic E-state index is 0.124. The monoisotopic (exact) mass is 577 g/mol. The molecule has 39 heavy (non-hydrogen) atoms. The number of cyclic esters (lactones) is 1. The van der Waals surface area contributed by atoms with E-state index in [9.17, 15) is 19.5 Å². The van der Waals surface area contributed by atoms with Gasteiger partial charge in [0.25, 0.3) is 11.8 Å². The SMILES string of the molecule is C=C(Cl)S/C(=C\C)C(=O)NCCC1CCN(C(=C)/C=C\C(=CC(C)C)N(/C=C\C)C(=O)/C(=C\C)CO)C(=O)O1. The Hall–Kier alpha value is -3.01. The van der Waals surface area contributed by atoms with Crippen molar-refractivity contribution in [2.45, 2.75) is 53.6 Å². The first-order valence-electron chi connectivity index (χ1n) is 12.7. The average Bonchev–Trinajstić information content (AvgIpc) is 2.88. The molecule has 10 heteroatoms. The van der Waals surface area contributed by atoms with Crippen molar-refractivity contribution in [2.24, 2.45) is 5.92 Å². The number of carbonyl (C=O) groups is 3. The van der Waals surface area contributed by atoms with Crippen molar-refractivity contribution in [3.05, 3.63) is 82.1 Å². The first kappa shape index (κ1) is 34.0. The Balaban J connectivity index is 2.85. The van der Waals surface area contributed by atoms with E-state index in [4.69, 9.17) is 16.3 Å². The molecular weight excluding hydrogens is 538 g/mol. The number of allylic oxidation sites excluding steroid dienone is 6. The van der Waals surface area contributed by atoms with Crippen molar-refractivity contribution in [3.8, 4) is 0 Å². The van der Waals surface area contributed by atoms with Gasteiger partial charge in [0, 0.05) is 49.1 Å². The van der Waals surface area contributed by atoms with E-state index < -0.39 is 6.09 Å². The maximum Gasteiger partial charge on any atom is 0.414 e. The number of hydrogen-bond acceptors (Lipinski definition) is 6. The van der Waals surface area contributed by atoms with Gasteiger partial charge in [-0.3, -0.25) is 19.4 Å². The van der Waals surface area contributed by atoms with Crippen LogP contribution in [0.1, 0.15) is 47.5 Å². The van der Waals surface area contributed by atoms with Gasteiger partial charge in [-0.05, 0) is 38.8 Å². The highest BCUT2D eigenvalue weighted by Gasteiger charge is 2.28. The summed E-state index contributed by atoms with van der Waals surface area (Å²) in [5, 5.41) is 12.4. The van der Waals surface area contributed by atoms with E-state index in [1.807, 2.05) is 19.9 Å². The topological polar surface area (TPSA) is 99.2 Å². The molecule has 1 unspecified atom stereocenters. The van der Waals surface area contributed by atoms with Crippen LogP contribution in [0.3, 0.4) is 0 Å². The molecule has 2 N–H and O–H groups in total. The summed E-state index contributed by atoms with van der Waals surface area (Å²) in [5.74, 6) is -0.484. The Kier molecular flexibility index (Phi) is 15.3. The van der Waals surface area contributed by atoms with E-state index in [1.165, 1.54) is 9.80 Å². The Labute approximate surface area is 241 Å². The second kappa shape index (κ2) is 17.6. The molecule has 1 aliphatic rings. The van der Waals surface area contributed by atoms with Crippen LogP contribution in [0, 0.1) is 5.92 Å². The van der Waals surface area contributed by atoms with Crippen molar-refractivity contribution in [1.29, 1.82) is 0 Å². The van der Waals surface area contributed by atoms with E-state index in [1.54, 1.807) is 57.4 Å². The maximum absolute atomic E-state index is 13.0. The van der Waals surface area contributed by atoms with Crippen molar-refractivity contribution in [3.63, 3.8) is 0 Å². The fraction of sp³-hybridized carbons (Fsp3) is 0.414. The van der Waals surface area contributed by atoms with Gasteiger partial charge in [-0.25, -0.2) is 4.79 Å². The summed E-state index contributed by atoms with van der Waals surface area (Å²) in [5.41, 5.74) is 1.26. The van der Waals surface area contributed by atoms with Crippen LogP contribution in [0.4, 0.5) is 4.79 Å². The molecule has 1 rings (SSSR count). The van der Waals surface area contributed by atoms with Crippen molar-refractivity contribution >= 4 is 41.3 Å².